The Morgan fingerprint density at radius 2 is 2.08 bits per heavy atom. The summed E-state index contributed by atoms with van der Waals surface area (Å²) >= 11 is 0. The first-order chi connectivity index (χ1) is 5.49. The molecule has 0 N–H and O–H groups in total. The summed E-state index contributed by atoms with van der Waals surface area (Å²) in [6, 6.07) is 0. The molecule has 0 aliphatic heterocycles. The van der Waals surface area contributed by atoms with E-state index in [1.165, 1.54) is 6.92 Å². The zero-order valence-electron chi connectivity index (χ0n) is 6.87. The van der Waals surface area contributed by atoms with E-state index in [4.69, 9.17) is 6.42 Å². The van der Waals surface area contributed by atoms with Crippen LogP contribution in [-0.4, -0.2) is 18.0 Å². The second-order valence-electron chi connectivity index (χ2n) is 2.30. The van der Waals surface area contributed by atoms with Crippen LogP contribution in [0.5, 0.6) is 0 Å². The number of esters is 1. The van der Waals surface area contributed by atoms with Crippen LogP contribution in [0.25, 0.3) is 0 Å². The molecule has 0 rings (SSSR count). The number of carboxylic acids is 1. The Morgan fingerprint density at radius 3 is 2.33 bits per heavy atom. The van der Waals surface area contributed by atoms with Gasteiger partial charge >= 0.3 is 5.97 Å². The van der Waals surface area contributed by atoms with E-state index in [2.05, 4.69) is 10.7 Å². The molecule has 0 bridgehead atoms. The van der Waals surface area contributed by atoms with Gasteiger partial charge in [-0.15, -0.1) is 6.42 Å². The summed E-state index contributed by atoms with van der Waals surface area (Å²) < 4.78 is 4.42. The number of rotatable bonds is 3. The number of aliphatic carboxylic acids is 1. The molecule has 2 unspecified atom stereocenters. The van der Waals surface area contributed by atoms with Crippen LogP contribution >= 0.6 is 0 Å². The van der Waals surface area contributed by atoms with E-state index in [1.54, 1.807) is 0 Å². The van der Waals surface area contributed by atoms with Crippen LogP contribution < -0.4 is 5.11 Å². The van der Waals surface area contributed by atoms with E-state index in [9.17, 15) is 14.7 Å². The van der Waals surface area contributed by atoms with Crippen LogP contribution in [0.15, 0.2) is 0 Å². The molecule has 0 fully saturated rings. The fourth-order valence-electron chi connectivity index (χ4n) is 0.620. The zero-order valence-corrected chi connectivity index (χ0v) is 6.87. The lowest BCUT2D eigenvalue weighted by atomic mass is 10.1. The first kappa shape index (κ1) is 10.5. The molecular formula is C8H9O4-. The number of carbonyl (C=O) groups excluding carboxylic acids is 2. The van der Waals surface area contributed by atoms with Gasteiger partial charge in [0.1, 0.15) is 0 Å². The minimum atomic E-state index is -1.48. The van der Waals surface area contributed by atoms with Crippen LogP contribution in [-0.2, 0) is 14.3 Å². The molecular weight excluding hydrogens is 160 g/mol. The van der Waals surface area contributed by atoms with Gasteiger partial charge in [0.15, 0.2) is 6.10 Å². The van der Waals surface area contributed by atoms with Crippen molar-refractivity contribution < 1.29 is 19.4 Å². The van der Waals surface area contributed by atoms with Gasteiger partial charge in [-0.25, -0.2) is 0 Å². The lowest BCUT2D eigenvalue weighted by Gasteiger charge is -2.20. The zero-order chi connectivity index (χ0) is 9.72. The van der Waals surface area contributed by atoms with Crippen molar-refractivity contribution in [3.8, 4) is 12.3 Å². The molecule has 0 aromatic carbocycles. The molecule has 2 atom stereocenters. The SMILES string of the molecule is C#CC(C)C(OC(C)=O)C(=O)[O-]. The lowest BCUT2D eigenvalue weighted by Crippen LogP contribution is -2.42. The first-order valence-corrected chi connectivity index (χ1v) is 3.33. The van der Waals surface area contributed by atoms with Crippen LogP contribution in [0.2, 0.25) is 0 Å². The predicted octanol–water partition coefficient (Wildman–Crippen LogP) is -1.06. The van der Waals surface area contributed by atoms with Crippen molar-refractivity contribution in [2.24, 2.45) is 5.92 Å². The van der Waals surface area contributed by atoms with Gasteiger partial charge in [0.2, 0.25) is 0 Å². The quantitative estimate of drug-likeness (QED) is 0.399. The fourth-order valence-corrected chi connectivity index (χ4v) is 0.620. The first-order valence-electron chi connectivity index (χ1n) is 3.33. The van der Waals surface area contributed by atoms with Crippen molar-refractivity contribution >= 4 is 11.9 Å². The van der Waals surface area contributed by atoms with Gasteiger partial charge in [-0.3, -0.25) is 4.79 Å². The highest BCUT2D eigenvalue weighted by atomic mass is 16.6. The molecule has 0 spiro atoms. The average molecular weight is 169 g/mol. The third-order valence-electron chi connectivity index (χ3n) is 1.24. The van der Waals surface area contributed by atoms with Crippen molar-refractivity contribution in [2.75, 3.05) is 0 Å². The molecule has 0 saturated heterocycles. The normalized spacial score (nSPS) is 14.1. The summed E-state index contributed by atoms with van der Waals surface area (Å²) in [7, 11) is 0. The Balaban J connectivity index is 4.36. The molecule has 0 aliphatic rings. The van der Waals surface area contributed by atoms with Crippen LogP contribution in [0.4, 0.5) is 0 Å². The summed E-state index contributed by atoms with van der Waals surface area (Å²) in [5, 5.41) is 10.4. The maximum absolute atomic E-state index is 10.4. The molecule has 0 aromatic heterocycles. The molecule has 0 radical (unpaired) electrons. The van der Waals surface area contributed by atoms with Gasteiger partial charge < -0.3 is 14.6 Å². The van der Waals surface area contributed by atoms with Gasteiger partial charge in [0.25, 0.3) is 0 Å². The highest BCUT2D eigenvalue weighted by Crippen LogP contribution is 2.05. The van der Waals surface area contributed by atoms with E-state index in [0.717, 1.165) is 6.92 Å². The van der Waals surface area contributed by atoms with Gasteiger partial charge in [0, 0.05) is 6.92 Å². The van der Waals surface area contributed by atoms with Crippen molar-refractivity contribution in [3.63, 3.8) is 0 Å². The summed E-state index contributed by atoms with van der Waals surface area (Å²) in [5.74, 6) is -0.693. The van der Waals surface area contributed by atoms with Crippen LogP contribution in [0.3, 0.4) is 0 Å². The summed E-state index contributed by atoms with van der Waals surface area (Å²) in [6.45, 7) is 2.57. The second-order valence-corrected chi connectivity index (χ2v) is 2.30. The van der Waals surface area contributed by atoms with Gasteiger partial charge in [-0.2, -0.15) is 0 Å². The third kappa shape index (κ3) is 3.06. The lowest BCUT2D eigenvalue weighted by molar-refractivity contribution is -0.316. The molecule has 0 aromatic rings. The van der Waals surface area contributed by atoms with Crippen LogP contribution in [0, 0.1) is 18.3 Å². The van der Waals surface area contributed by atoms with Gasteiger partial charge in [-0.1, -0.05) is 5.92 Å². The molecule has 12 heavy (non-hydrogen) atoms. The van der Waals surface area contributed by atoms with Crippen molar-refractivity contribution in [3.05, 3.63) is 0 Å². The Labute approximate surface area is 70.5 Å². The maximum atomic E-state index is 10.4. The Bertz CT molecular complexity index is 226. The van der Waals surface area contributed by atoms with E-state index >= 15 is 0 Å². The topological polar surface area (TPSA) is 66.4 Å². The third-order valence-corrected chi connectivity index (χ3v) is 1.24. The van der Waals surface area contributed by atoms with Crippen LogP contribution in [0.1, 0.15) is 13.8 Å². The average Bonchev–Trinajstić information content (AvgIpc) is 1.98. The number of hydrogen-bond donors (Lipinski definition) is 0. The highest BCUT2D eigenvalue weighted by molar-refractivity contribution is 5.76. The minimum absolute atomic E-state index is 0.682. The highest BCUT2D eigenvalue weighted by Gasteiger charge is 2.19. The van der Waals surface area contributed by atoms with Crippen molar-refractivity contribution in [1.82, 2.24) is 0 Å². The van der Waals surface area contributed by atoms with E-state index in [-0.39, 0.29) is 0 Å². The fraction of sp³-hybridized carbons (Fsp3) is 0.500. The van der Waals surface area contributed by atoms with Gasteiger partial charge in [-0.05, 0) is 6.92 Å². The summed E-state index contributed by atoms with van der Waals surface area (Å²) in [6.07, 6.45) is 3.60. The number of terminal acetylenes is 1. The number of carbonyl (C=O) groups is 2. The van der Waals surface area contributed by atoms with E-state index in [1.807, 2.05) is 0 Å². The standard InChI is InChI=1S/C8H10O4/c1-4-5(2)7(8(10)11)12-6(3)9/h1,5,7H,2-3H3,(H,10,11)/p-1. The van der Waals surface area contributed by atoms with Gasteiger partial charge in [0.05, 0.1) is 11.9 Å². The Kier molecular flexibility index (Phi) is 3.84. The summed E-state index contributed by atoms with van der Waals surface area (Å²) in [5.41, 5.74) is 0. The Morgan fingerprint density at radius 1 is 1.58 bits per heavy atom. The smallest absolute Gasteiger partial charge is 0.303 e. The molecule has 0 heterocycles. The van der Waals surface area contributed by atoms with Crippen molar-refractivity contribution in [2.45, 2.75) is 20.0 Å². The number of hydrogen-bond acceptors (Lipinski definition) is 4. The molecule has 4 heteroatoms. The molecule has 0 aliphatic carbocycles. The van der Waals surface area contributed by atoms with E-state index in [0.29, 0.717) is 0 Å². The molecule has 4 nitrogen and oxygen atoms in total. The molecule has 0 amide bonds. The van der Waals surface area contributed by atoms with Crippen molar-refractivity contribution in [1.29, 1.82) is 0 Å². The Hall–Kier alpha value is -1.50. The number of ether oxygens (including phenoxy) is 1. The predicted molar refractivity (Wildman–Crippen MR) is 38.6 cm³/mol. The maximum Gasteiger partial charge on any atom is 0.303 e. The molecule has 0 saturated carbocycles. The largest absolute Gasteiger partial charge is 0.546 e. The summed E-state index contributed by atoms with van der Waals surface area (Å²) in [4.78, 5) is 20.7. The monoisotopic (exact) mass is 169 g/mol. The minimum Gasteiger partial charge on any atom is -0.546 e. The number of carboxylic acid groups (broad SMARTS) is 1. The van der Waals surface area contributed by atoms with E-state index < -0.39 is 24.0 Å². The second kappa shape index (κ2) is 4.39. The molecule has 66 valence electrons.